The minimum atomic E-state index is -0.618. The van der Waals surface area contributed by atoms with E-state index in [0.717, 1.165) is 11.3 Å². The second-order valence-electron chi connectivity index (χ2n) is 4.86. The van der Waals surface area contributed by atoms with Gasteiger partial charge in [0.05, 0.1) is 17.7 Å². The van der Waals surface area contributed by atoms with Crippen LogP contribution >= 0.6 is 11.6 Å². The van der Waals surface area contributed by atoms with Crippen molar-refractivity contribution in [2.45, 2.75) is 32.8 Å². The Labute approximate surface area is 106 Å². The molecule has 2 unspecified atom stereocenters. The summed E-state index contributed by atoms with van der Waals surface area (Å²) in [6.45, 7) is 5.69. The van der Waals surface area contributed by atoms with Crippen LogP contribution in [0.1, 0.15) is 43.9 Å². The van der Waals surface area contributed by atoms with Crippen molar-refractivity contribution >= 4 is 23.2 Å². The number of halogens is 1. The number of hydrogen-bond donors (Lipinski definition) is 2. The van der Waals surface area contributed by atoms with Crippen molar-refractivity contribution in [3.8, 4) is 0 Å². The smallest absolute Gasteiger partial charge is 0.231 e. The molecule has 2 N–H and O–H groups in total. The lowest BCUT2D eigenvalue weighted by atomic mass is 9.93. The summed E-state index contributed by atoms with van der Waals surface area (Å²) in [4.78, 5) is 11.7. The number of aliphatic hydroxyl groups excluding tert-OH is 1. The summed E-state index contributed by atoms with van der Waals surface area (Å²) in [6.07, 6.45) is -0.618. The molecule has 0 aliphatic carbocycles. The molecule has 0 spiro atoms. The van der Waals surface area contributed by atoms with Crippen LogP contribution in [0.25, 0.3) is 0 Å². The Hall–Kier alpha value is -1.06. The number of nitrogens with one attached hydrogen (secondary N) is 1. The van der Waals surface area contributed by atoms with Crippen LogP contribution in [0.2, 0.25) is 5.02 Å². The van der Waals surface area contributed by atoms with Gasteiger partial charge in [0.25, 0.3) is 0 Å². The summed E-state index contributed by atoms with van der Waals surface area (Å²) in [5.74, 6) is -0.174. The number of benzene rings is 1. The highest BCUT2D eigenvalue weighted by atomic mass is 35.5. The van der Waals surface area contributed by atoms with Crippen molar-refractivity contribution in [1.29, 1.82) is 0 Å². The molecule has 1 aromatic carbocycles. The van der Waals surface area contributed by atoms with Gasteiger partial charge in [-0.2, -0.15) is 0 Å². The van der Waals surface area contributed by atoms with Crippen LogP contribution in [0.5, 0.6) is 0 Å². The Balaban J connectivity index is 2.56. The topological polar surface area (TPSA) is 49.3 Å². The highest BCUT2D eigenvalue weighted by Crippen LogP contribution is 2.41. The number of carbonyl (C=O) groups is 1. The Kier molecular flexibility index (Phi) is 3.15. The summed E-state index contributed by atoms with van der Waals surface area (Å²) in [7, 11) is 0. The summed E-state index contributed by atoms with van der Waals surface area (Å²) in [6, 6.07) is 3.51. The summed E-state index contributed by atoms with van der Waals surface area (Å²) >= 11 is 6.04. The van der Waals surface area contributed by atoms with Crippen molar-refractivity contribution < 1.29 is 9.90 Å². The predicted molar refractivity (Wildman–Crippen MR) is 68.3 cm³/mol. The van der Waals surface area contributed by atoms with E-state index in [2.05, 4.69) is 5.32 Å². The minimum Gasteiger partial charge on any atom is -0.388 e. The second kappa shape index (κ2) is 4.31. The SMILES string of the molecule is CC1C(=O)Nc2c1cc(Cl)cc2C(O)C(C)C. The van der Waals surface area contributed by atoms with Gasteiger partial charge < -0.3 is 10.4 Å². The summed E-state index contributed by atoms with van der Waals surface area (Å²) < 4.78 is 0. The monoisotopic (exact) mass is 253 g/mol. The molecule has 0 saturated heterocycles. The molecule has 1 aromatic rings. The normalized spacial score (nSPS) is 20.4. The molecule has 4 heteroatoms. The minimum absolute atomic E-state index is 0.0422. The number of aliphatic hydroxyl groups is 1. The first-order valence-electron chi connectivity index (χ1n) is 5.74. The third-order valence-corrected chi connectivity index (χ3v) is 3.44. The van der Waals surface area contributed by atoms with Gasteiger partial charge in [0.1, 0.15) is 0 Å². The van der Waals surface area contributed by atoms with E-state index in [9.17, 15) is 9.90 Å². The van der Waals surface area contributed by atoms with Crippen LogP contribution < -0.4 is 5.32 Å². The van der Waals surface area contributed by atoms with E-state index >= 15 is 0 Å². The van der Waals surface area contributed by atoms with Crippen LogP contribution in [-0.4, -0.2) is 11.0 Å². The molecule has 3 nitrogen and oxygen atoms in total. The number of anilines is 1. The Bertz CT molecular complexity index is 471. The maximum absolute atomic E-state index is 11.7. The highest BCUT2D eigenvalue weighted by molar-refractivity contribution is 6.31. The van der Waals surface area contributed by atoms with Crippen LogP contribution in [0.3, 0.4) is 0 Å². The number of rotatable bonds is 2. The van der Waals surface area contributed by atoms with Crippen molar-refractivity contribution in [2.24, 2.45) is 5.92 Å². The van der Waals surface area contributed by atoms with Crippen LogP contribution in [0.15, 0.2) is 12.1 Å². The summed E-state index contributed by atoms with van der Waals surface area (Å²) in [5, 5.41) is 13.5. The molecule has 2 atom stereocenters. The number of fused-ring (bicyclic) bond motifs is 1. The third kappa shape index (κ3) is 2.05. The van der Waals surface area contributed by atoms with Gasteiger partial charge in [-0.3, -0.25) is 4.79 Å². The molecule has 17 heavy (non-hydrogen) atoms. The first-order valence-corrected chi connectivity index (χ1v) is 6.12. The van der Waals surface area contributed by atoms with E-state index in [-0.39, 0.29) is 17.7 Å². The molecule has 0 fully saturated rings. The van der Waals surface area contributed by atoms with E-state index in [1.165, 1.54) is 0 Å². The lowest BCUT2D eigenvalue weighted by Crippen LogP contribution is -2.11. The third-order valence-electron chi connectivity index (χ3n) is 3.22. The zero-order chi connectivity index (χ0) is 12.7. The predicted octanol–water partition coefficient (Wildman–Crippen LogP) is 3.09. The zero-order valence-corrected chi connectivity index (χ0v) is 10.9. The molecule has 0 aromatic heterocycles. The standard InChI is InChI=1S/C13H16ClNO2/c1-6(2)12(16)10-5-8(14)4-9-7(3)13(17)15-11(9)10/h4-7,12,16H,1-3H3,(H,15,17). The zero-order valence-electron chi connectivity index (χ0n) is 10.1. The molecular formula is C13H16ClNO2. The quantitative estimate of drug-likeness (QED) is 0.851. The van der Waals surface area contributed by atoms with E-state index in [1.807, 2.05) is 20.8 Å². The van der Waals surface area contributed by atoms with Gasteiger partial charge in [-0.05, 0) is 30.5 Å². The Morgan fingerprint density at radius 3 is 2.65 bits per heavy atom. The molecular weight excluding hydrogens is 238 g/mol. The van der Waals surface area contributed by atoms with E-state index < -0.39 is 6.10 Å². The van der Waals surface area contributed by atoms with Crippen LogP contribution in [0.4, 0.5) is 5.69 Å². The fourth-order valence-corrected chi connectivity index (χ4v) is 2.34. The first kappa shape index (κ1) is 12.4. The first-order chi connectivity index (χ1) is 7.91. The lowest BCUT2D eigenvalue weighted by molar-refractivity contribution is -0.116. The van der Waals surface area contributed by atoms with Crippen molar-refractivity contribution in [3.63, 3.8) is 0 Å². The van der Waals surface area contributed by atoms with Gasteiger partial charge in [-0.1, -0.05) is 25.4 Å². The molecule has 0 bridgehead atoms. The largest absolute Gasteiger partial charge is 0.388 e. The second-order valence-corrected chi connectivity index (χ2v) is 5.30. The number of hydrogen-bond acceptors (Lipinski definition) is 2. The Morgan fingerprint density at radius 2 is 2.06 bits per heavy atom. The van der Waals surface area contributed by atoms with Gasteiger partial charge in [-0.25, -0.2) is 0 Å². The highest BCUT2D eigenvalue weighted by Gasteiger charge is 2.31. The number of carbonyl (C=O) groups excluding carboxylic acids is 1. The fourth-order valence-electron chi connectivity index (χ4n) is 2.10. The van der Waals surface area contributed by atoms with Crippen molar-refractivity contribution in [2.75, 3.05) is 5.32 Å². The van der Waals surface area contributed by atoms with Crippen molar-refractivity contribution in [1.82, 2.24) is 0 Å². The number of amides is 1. The lowest BCUT2D eigenvalue weighted by Gasteiger charge is -2.18. The van der Waals surface area contributed by atoms with Gasteiger partial charge in [0.2, 0.25) is 5.91 Å². The summed E-state index contributed by atoms with van der Waals surface area (Å²) in [5.41, 5.74) is 2.31. The molecule has 0 radical (unpaired) electrons. The van der Waals surface area contributed by atoms with Gasteiger partial charge >= 0.3 is 0 Å². The van der Waals surface area contributed by atoms with Gasteiger partial charge in [-0.15, -0.1) is 0 Å². The van der Waals surface area contributed by atoms with E-state index in [1.54, 1.807) is 12.1 Å². The Morgan fingerprint density at radius 1 is 1.41 bits per heavy atom. The molecule has 0 saturated carbocycles. The average molecular weight is 254 g/mol. The van der Waals surface area contributed by atoms with Gasteiger partial charge in [0, 0.05) is 10.6 Å². The molecule has 1 amide bonds. The molecule has 1 heterocycles. The van der Waals surface area contributed by atoms with Gasteiger partial charge in [0.15, 0.2) is 0 Å². The molecule has 1 aliphatic heterocycles. The van der Waals surface area contributed by atoms with Crippen molar-refractivity contribution in [3.05, 3.63) is 28.3 Å². The van der Waals surface area contributed by atoms with E-state index in [0.29, 0.717) is 10.6 Å². The molecule has 2 rings (SSSR count). The van der Waals surface area contributed by atoms with E-state index in [4.69, 9.17) is 11.6 Å². The molecule has 1 aliphatic rings. The van der Waals surface area contributed by atoms with Crippen LogP contribution in [-0.2, 0) is 4.79 Å². The fraction of sp³-hybridized carbons (Fsp3) is 0.462. The van der Waals surface area contributed by atoms with Crippen LogP contribution in [0, 0.1) is 5.92 Å². The molecule has 92 valence electrons. The average Bonchev–Trinajstić information content (AvgIpc) is 2.54. The maximum atomic E-state index is 11.7. The maximum Gasteiger partial charge on any atom is 0.231 e.